The number of nitrogens with one attached hydrogen (secondary N) is 1. The van der Waals surface area contributed by atoms with Crippen molar-refractivity contribution >= 4 is 51.2 Å². The minimum absolute atomic E-state index is 0.0379. The molecule has 10 nitrogen and oxygen atoms in total. The number of halogens is 1. The molecule has 0 spiro atoms. The highest BCUT2D eigenvalue weighted by atomic mass is 79.9. The van der Waals surface area contributed by atoms with Crippen molar-refractivity contribution in [2.75, 3.05) is 11.7 Å². The van der Waals surface area contributed by atoms with Gasteiger partial charge in [0.1, 0.15) is 5.57 Å². The van der Waals surface area contributed by atoms with E-state index in [0.717, 1.165) is 27.1 Å². The van der Waals surface area contributed by atoms with Gasteiger partial charge in [-0.2, -0.15) is 0 Å². The molecule has 0 radical (unpaired) electrons. The van der Waals surface area contributed by atoms with E-state index in [1.165, 1.54) is 12.1 Å². The van der Waals surface area contributed by atoms with Crippen LogP contribution in [0, 0.1) is 17.0 Å². The number of carbonyl (C=O) groups is 3. The van der Waals surface area contributed by atoms with Crippen molar-refractivity contribution in [2.45, 2.75) is 6.92 Å². The maximum Gasteiger partial charge on any atom is 0.335 e. The molecule has 2 aliphatic heterocycles. The van der Waals surface area contributed by atoms with Crippen molar-refractivity contribution < 1.29 is 28.8 Å². The first-order chi connectivity index (χ1) is 14.3. The summed E-state index contributed by atoms with van der Waals surface area (Å²) < 4.78 is 11.1. The first-order valence-corrected chi connectivity index (χ1v) is 9.31. The van der Waals surface area contributed by atoms with Crippen LogP contribution in [-0.2, 0) is 9.59 Å². The van der Waals surface area contributed by atoms with E-state index < -0.39 is 28.3 Å². The second kappa shape index (κ2) is 7.26. The molecule has 0 aromatic heterocycles. The minimum atomic E-state index is -0.956. The molecule has 1 fully saturated rings. The van der Waals surface area contributed by atoms with E-state index in [4.69, 9.17) is 9.47 Å². The topological polar surface area (TPSA) is 128 Å². The number of aryl methyl sites for hydroxylation is 1. The molecular weight excluding hydrogens is 462 g/mol. The molecule has 2 aromatic carbocycles. The first-order valence-electron chi connectivity index (χ1n) is 8.52. The number of imide groups is 2. The quantitative estimate of drug-likeness (QED) is 0.313. The summed E-state index contributed by atoms with van der Waals surface area (Å²) in [6, 6.07) is 6.33. The lowest BCUT2D eigenvalue weighted by Gasteiger charge is -2.26. The van der Waals surface area contributed by atoms with Crippen LogP contribution in [0.15, 0.2) is 40.4 Å². The van der Waals surface area contributed by atoms with E-state index in [1.54, 1.807) is 19.1 Å². The maximum atomic E-state index is 13.0. The highest BCUT2D eigenvalue weighted by Gasteiger charge is 2.37. The summed E-state index contributed by atoms with van der Waals surface area (Å²) >= 11 is 3.34. The summed E-state index contributed by atoms with van der Waals surface area (Å²) in [7, 11) is 0. The fourth-order valence-corrected chi connectivity index (χ4v) is 3.28. The normalized spacial score (nSPS) is 16.8. The summed E-state index contributed by atoms with van der Waals surface area (Å²) in [5.74, 6) is -1.43. The Hall–Kier alpha value is -3.73. The van der Waals surface area contributed by atoms with Crippen molar-refractivity contribution in [1.29, 1.82) is 0 Å². The van der Waals surface area contributed by atoms with Gasteiger partial charge in [-0.25, -0.2) is 9.69 Å². The lowest BCUT2D eigenvalue weighted by Crippen LogP contribution is -2.54. The second-order valence-corrected chi connectivity index (χ2v) is 7.27. The SMILES string of the molecule is Cc1cc(N2C(=O)NC(=O)/C(=C/c3cc4c(cc3[N+](=O)[O-])OCO4)C2=O)ccc1Br. The Morgan fingerprint density at radius 2 is 1.87 bits per heavy atom. The third-order valence-corrected chi connectivity index (χ3v) is 5.41. The number of hydrogen-bond acceptors (Lipinski definition) is 7. The van der Waals surface area contributed by atoms with E-state index in [9.17, 15) is 24.5 Å². The molecule has 1 N–H and O–H groups in total. The van der Waals surface area contributed by atoms with E-state index in [1.807, 2.05) is 0 Å². The number of nitro groups is 1. The number of amides is 4. The number of benzene rings is 2. The molecular formula is C19H12BrN3O7. The predicted molar refractivity (Wildman–Crippen MR) is 107 cm³/mol. The number of anilines is 1. The zero-order chi connectivity index (χ0) is 21.6. The highest BCUT2D eigenvalue weighted by molar-refractivity contribution is 9.10. The Labute approximate surface area is 177 Å². The molecule has 0 bridgehead atoms. The Balaban J connectivity index is 1.80. The van der Waals surface area contributed by atoms with Crippen LogP contribution in [0.3, 0.4) is 0 Å². The Morgan fingerprint density at radius 3 is 2.53 bits per heavy atom. The molecule has 152 valence electrons. The summed E-state index contributed by atoms with van der Waals surface area (Å²) in [6.07, 6.45) is 1.06. The van der Waals surface area contributed by atoms with Gasteiger partial charge in [0.25, 0.3) is 17.5 Å². The molecule has 0 saturated carbocycles. The number of carbonyl (C=O) groups excluding carboxylic acids is 3. The Bertz CT molecular complexity index is 1170. The lowest BCUT2D eigenvalue weighted by molar-refractivity contribution is -0.385. The van der Waals surface area contributed by atoms with Gasteiger partial charge < -0.3 is 9.47 Å². The van der Waals surface area contributed by atoms with Gasteiger partial charge in [-0.3, -0.25) is 25.0 Å². The van der Waals surface area contributed by atoms with Gasteiger partial charge in [0.05, 0.1) is 22.2 Å². The zero-order valence-electron chi connectivity index (χ0n) is 15.3. The van der Waals surface area contributed by atoms with Gasteiger partial charge in [-0.15, -0.1) is 0 Å². The first kappa shape index (κ1) is 19.6. The highest BCUT2D eigenvalue weighted by Crippen LogP contribution is 2.39. The molecule has 11 heteroatoms. The van der Waals surface area contributed by atoms with E-state index >= 15 is 0 Å². The Kier molecular flexibility index (Phi) is 4.74. The molecule has 1 saturated heterocycles. The van der Waals surface area contributed by atoms with Crippen molar-refractivity contribution in [3.8, 4) is 11.5 Å². The maximum absolute atomic E-state index is 13.0. The van der Waals surface area contributed by atoms with Crippen LogP contribution in [0.4, 0.5) is 16.2 Å². The number of rotatable bonds is 3. The molecule has 4 amide bonds. The largest absolute Gasteiger partial charge is 0.454 e. The van der Waals surface area contributed by atoms with E-state index in [2.05, 4.69) is 21.2 Å². The summed E-state index contributed by atoms with van der Waals surface area (Å²) in [5, 5.41) is 13.5. The van der Waals surface area contributed by atoms with Gasteiger partial charge in [0.2, 0.25) is 6.79 Å². The van der Waals surface area contributed by atoms with Crippen LogP contribution in [0.25, 0.3) is 6.08 Å². The van der Waals surface area contributed by atoms with Crippen molar-refractivity contribution in [3.63, 3.8) is 0 Å². The van der Waals surface area contributed by atoms with Gasteiger partial charge in [0.15, 0.2) is 11.5 Å². The van der Waals surface area contributed by atoms with Crippen LogP contribution in [-0.4, -0.2) is 29.6 Å². The Morgan fingerprint density at radius 1 is 1.17 bits per heavy atom. The van der Waals surface area contributed by atoms with Crippen LogP contribution < -0.4 is 19.7 Å². The third kappa shape index (κ3) is 3.28. The standard InChI is InChI=1S/C19H12BrN3O7/c1-9-4-11(2-3-13(9)20)22-18(25)12(17(24)21-19(22)26)5-10-6-15-16(30-8-29-15)7-14(10)23(27)28/h2-7H,8H2,1H3,(H,21,24,26)/b12-5-. The third-order valence-electron chi connectivity index (χ3n) is 4.52. The molecule has 0 aliphatic carbocycles. The van der Waals surface area contributed by atoms with Crippen molar-refractivity contribution in [2.24, 2.45) is 0 Å². The second-order valence-electron chi connectivity index (χ2n) is 6.41. The number of nitrogens with zero attached hydrogens (tertiary/aromatic N) is 2. The minimum Gasteiger partial charge on any atom is -0.454 e. The lowest BCUT2D eigenvalue weighted by atomic mass is 10.0. The van der Waals surface area contributed by atoms with Gasteiger partial charge in [0, 0.05) is 4.47 Å². The van der Waals surface area contributed by atoms with Crippen molar-refractivity contribution in [3.05, 3.63) is 61.6 Å². The zero-order valence-corrected chi connectivity index (χ0v) is 16.9. The number of fused-ring (bicyclic) bond motifs is 1. The van der Waals surface area contributed by atoms with Crippen LogP contribution in [0.5, 0.6) is 11.5 Å². The average molecular weight is 474 g/mol. The summed E-state index contributed by atoms with van der Waals surface area (Å²) in [5.41, 5.74) is 0.162. The molecule has 0 atom stereocenters. The monoisotopic (exact) mass is 473 g/mol. The number of urea groups is 1. The van der Waals surface area contributed by atoms with E-state index in [0.29, 0.717) is 0 Å². The van der Waals surface area contributed by atoms with Gasteiger partial charge >= 0.3 is 6.03 Å². The number of ether oxygens (including phenoxy) is 2. The molecule has 2 aromatic rings. The number of barbiturate groups is 1. The smallest absolute Gasteiger partial charge is 0.335 e. The molecule has 30 heavy (non-hydrogen) atoms. The van der Waals surface area contributed by atoms with E-state index in [-0.39, 0.29) is 35.2 Å². The summed E-state index contributed by atoms with van der Waals surface area (Å²) in [6.45, 7) is 1.68. The molecule has 0 unspecified atom stereocenters. The number of nitro benzene ring substituents is 1. The van der Waals surface area contributed by atoms with Crippen LogP contribution in [0.2, 0.25) is 0 Å². The van der Waals surface area contributed by atoms with Gasteiger partial charge in [-0.1, -0.05) is 15.9 Å². The fraction of sp³-hybridized carbons (Fsp3) is 0.105. The fourth-order valence-electron chi connectivity index (χ4n) is 3.04. The predicted octanol–water partition coefficient (Wildman–Crippen LogP) is 3.06. The summed E-state index contributed by atoms with van der Waals surface area (Å²) in [4.78, 5) is 49.3. The average Bonchev–Trinajstić information content (AvgIpc) is 3.14. The molecule has 2 aliphatic rings. The molecule has 2 heterocycles. The van der Waals surface area contributed by atoms with Crippen LogP contribution in [0.1, 0.15) is 11.1 Å². The van der Waals surface area contributed by atoms with Crippen molar-refractivity contribution in [1.82, 2.24) is 5.32 Å². The van der Waals surface area contributed by atoms with Crippen LogP contribution >= 0.6 is 15.9 Å². The van der Waals surface area contributed by atoms with Gasteiger partial charge in [-0.05, 0) is 42.8 Å². The number of hydrogen-bond donors (Lipinski definition) is 1. The molecule has 4 rings (SSSR count).